The van der Waals surface area contributed by atoms with Gasteiger partial charge in [-0.3, -0.25) is 9.52 Å². The number of nitrogens with zero attached hydrogens (tertiary/aromatic N) is 1. The van der Waals surface area contributed by atoms with E-state index in [2.05, 4.69) is 15.0 Å². The van der Waals surface area contributed by atoms with Crippen LogP contribution in [-0.4, -0.2) is 25.9 Å². The third-order valence-corrected chi connectivity index (χ3v) is 5.87. The minimum Gasteiger partial charge on any atom is -0.352 e. The number of anilines is 1. The molecule has 0 spiro atoms. The first-order valence-corrected chi connectivity index (χ1v) is 10.4. The number of carbonyl (C=O) groups excluding carboxylic acids is 1. The first kappa shape index (κ1) is 19.0. The zero-order chi connectivity index (χ0) is 19.3. The maximum atomic E-state index is 12.9. The number of amides is 1. The van der Waals surface area contributed by atoms with E-state index in [-0.39, 0.29) is 21.8 Å². The molecule has 6 nitrogen and oxygen atoms in total. The van der Waals surface area contributed by atoms with Gasteiger partial charge in [0.1, 0.15) is 5.82 Å². The van der Waals surface area contributed by atoms with Gasteiger partial charge in [-0.15, -0.1) is 11.3 Å². The fourth-order valence-electron chi connectivity index (χ4n) is 2.31. The number of rotatable bonds is 7. The zero-order valence-corrected chi connectivity index (χ0v) is 15.7. The highest BCUT2D eigenvalue weighted by atomic mass is 32.2. The van der Waals surface area contributed by atoms with E-state index in [9.17, 15) is 17.6 Å². The quantitative estimate of drug-likeness (QED) is 0.632. The van der Waals surface area contributed by atoms with Crippen LogP contribution in [0.4, 0.5) is 9.52 Å². The van der Waals surface area contributed by atoms with Crippen LogP contribution in [0.1, 0.15) is 15.9 Å². The first-order chi connectivity index (χ1) is 12.9. The van der Waals surface area contributed by atoms with E-state index >= 15 is 0 Å². The maximum absolute atomic E-state index is 12.9. The maximum Gasteiger partial charge on any atom is 0.263 e. The van der Waals surface area contributed by atoms with Crippen molar-refractivity contribution in [2.24, 2.45) is 0 Å². The number of aromatic nitrogens is 1. The molecule has 2 N–H and O–H groups in total. The van der Waals surface area contributed by atoms with Crippen LogP contribution in [0.5, 0.6) is 0 Å². The van der Waals surface area contributed by atoms with Gasteiger partial charge in [-0.25, -0.2) is 17.8 Å². The van der Waals surface area contributed by atoms with E-state index in [0.29, 0.717) is 18.5 Å². The van der Waals surface area contributed by atoms with Crippen LogP contribution in [-0.2, 0) is 16.4 Å². The van der Waals surface area contributed by atoms with Gasteiger partial charge in [0.2, 0.25) is 0 Å². The number of sulfonamides is 1. The van der Waals surface area contributed by atoms with Gasteiger partial charge < -0.3 is 5.32 Å². The van der Waals surface area contributed by atoms with Crippen LogP contribution in [0.3, 0.4) is 0 Å². The molecule has 3 aromatic rings. The van der Waals surface area contributed by atoms with Crippen molar-refractivity contribution in [2.45, 2.75) is 11.3 Å². The third kappa shape index (κ3) is 5.11. The molecular formula is C18H16FN3O3S2. The summed E-state index contributed by atoms with van der Waals surface area (Å²) in [5.41, 5.74) is 1.26. The molecule has 1 aromatic heterocycles. The highest BCUT2D eigenvalue weighted by Crippen LogP contribution is 2.18. The van der Waals surface area contributed by atoms with E-state index in [4.69, 9.17) is 0 Å². The van der Waals surface area contributed by atoms with E-state index < -0.39 is 10.0 Å². The molecule has 0 radical (unpaired) electrons. The molecule has 0 atom stereocenters. The Labute approximate surface area is 160 Å². The Balaban J connectivity index is 1.57. The second-order valence-corrected chi connectivity index (χ2v) is 8.18. The SMILES string of the molecule is O=C(NCCc1ccc(F)cc1)c1ccc(S(=O)(=O)Nc2nccs2)cc1. The lowest BCUT2D eigenvalue weighted by Crippen LogP contribution is -2.25. The minimum absolute atomic E-state index is 0.0422. The van der Waals surface area contributed by atoms with Crippen molar-refractivity contribution in [3.05, 3.63) is 77.1 Å². The Morgan fingerprint density at radius 3 is 2.41 bits per heavy atom. The zero-order valence-electron chi connectivity index (χ0n) is 14.1. The summed E-state index contributed by atoms with van der Waals surface area (Å²) in [7, 11) is -3.75. The van der Waals surface area contributed by atoms with E-state index in [1.807, 2.05) is 0 Å². The molecule has 0 aliphatic rings. The van der Waals surface area contributed by atoms with Crippen molar-refractivity contribution >= 4 is 32.4 Å². The van der Waals surface area contributed by atoms with Crippen molar-refractivity contribution < 1.29 is 17.6 Å². The van der Waals surface area contributed by atoms with E-state index in [1.165, 1.54) is 53.9 Å². The molecule has 0 bridgehead atoms. The second kappa shape index (κ2) is 8.28. The number of nitrogens with one attached hydrogen (secondary N) is 2. The van der Waals surface area contributed by atoms with Gasteiger partial charge in [0.05, 0.1) is 4.90 Å². The molecule has 1 heterocycles. The van der Waals surface area contributed by atoms with Crippen LogP contribution in [0.25, 0.3) is 0 Å². The standard InChI is InChI=1S/C18H16FN3O3S2/c19-15-5-1-13(2-6-15)9-10-20-17(23)14-3-7-16(8-4-14)27(24,25)22-18-21-11-12-26-18/h1-8,11-12H,9-10H2,(H,20,23)(H,21,22). The fraction of sp³-hybridized carbons (Fsp3) is 0.111. The molecule has 9 heteroatoms. The van der Waals surface area contributed by atoms with Gasteiger partial charge in [0.15, 0.2) is 5.13 Å². The number of hydrogen-bond acceptors (Lipinski definition) is 5. The normalized spacial score (nSPS) is 11.1. The smallest absolute Gasteiger partial charge is 0.263 e. The molecule has 3 rings (SSSR count). The molecule has 0 fully saturated rings. The third-order valence-electron chi connectivity index (χ3n) is 3.69. The van der Waals surface area contributed by atoms with Crippen LogP contribution in [0, 0.1) is 5.82 Å². The Hall–Kier alpha value is -2.78. The molecular weight excluding hydrogens is 389 g/mol. The van der Waals surface area contributed by atoms with Gasteiger partial charge in [0, 0.05) is 23.7 Å². The summed E-state index contributed by atoms with van der Waals surface area (Å²) in [5.74, 6) is -0.615. The van der Waals surface area contributed by atoms with Crippen molar-refractivity contribution in [3.8, 4) is 0 Å². The number of thiazole rings is 1. The van der Waals surface area contributed by atoms with Crippen molar-refractivity contribution in [1.29, 1.82) is 0 Å². The Bertz CT molecular complexity index is 1000. The topological polar surface area (TPSA) is 88.2 Å². The molecule has 0 aliphatic heterocycles. The fourth-order valence-corrected chi connectivity index (χ4v) is 4.10. The largest absolute Gasteiger partial charge is 0.352 e. The lowest BCUT2D eigenvalue weighted by molar-refractivity contribution is 0.0954. The van der Waals surface area contributed by atoms with Crippen LogP contribution >= 0.6 is 11.3 Å². The van der Waals surface area contributed by atoms with E-state index in [1.54, 1.807) is 17.5 Å². The lowest BCUT2D eigenvalue weighted by atomic mass is 10.1. The highest BCUT2D eigenvalue weighted by molar-refractivity contribution is 7.93. The minimum atomic E-state index is -3.75. The van der Waals surface area contributed by atoms with Gasteiger partial charge in [-0.2, -0.15) is 0 Å². The predicted octanol–water partition coefficient (Wildman–Crippen LogP) is 3.06. The molecule has 0 saturated carbocycles. The van der Waals surface area contributed by atoms with Gasteiger partial charge >= 0.3 is 0 Å². The summed E-state index contributed by atoms with van der Waals surface area (Å²) >= 11 is 1.17. The second-order valence-electron chi connectivity index (χ2n) is 5.60. The van der Waals surface area contributed by atoms with Crippen molar-refractivity contribution in [3.63, 3.8) is 0 Å². The first-order valence-electron chi connectivity index (χ1n) is 7.99. The van der Waals surface area contributed by atoms with Gasteiger partial charge in [0.25, 0.3) is 15.9 Å². The van der Waals surface area contributed by atoms with Crippen LogP contribution < -0.4 is 10.0 Å². The lowest BCUT2D eigenvalue weighted by Gasteiger charge is -2.08. The number of carbonyl (C=O) groups is 1. The van der Waals surface area contributed by atoms with Crippen LogP contribution in [0.2, 0.25) is 0 Å². The molecule has 0 aliphatic carbocycles. The average Bonchev–Trinajstić information content (AvgIpc) is 3.15. The summed E-state index contributed by atoms with van der Waals surface area (Å²) in [6.07, 6.45) is 2.07. The van der Waals surface area contributed by atoms with Crippen molar-refractivity contribution in [2.75, 3.05) is 11.3 Å². The Kier molecular flexibility index (Phi) is 5.82. The Morgan fingerprint density at radius 2 is 1.78 bits per heavy atom. The van der Waals surface area contributed by atoms with Gasteiger partial charge in [-0.05, 0) is 48.4 Å². The summed E-state index contributed by atoms with van der Waals surface area (Å²) < 4.78 is 39.8. The highest BCUT2D eigenvalue weighted by Gasteiger charge is 2.16. The molecule has 0 saturated heterocycles. The number of halogens is 1. The number of benzene rings is 2. The van der Waals surface area contributed by atoms with Crippen LogP contribution in [0.15, 0.2) is 65.0 Å². The van der Waals surface area contributed by atoms with Crippen molar-refractivity contribution in [1.82, 2.24) is 10.3 Å². The average molecular weight is 405 g/mol. The predicted molar refractivity (Wildman–Crippen MR) is 102 cm³/mol. The summed E-state index contributed by atoms with van der Waals surface area (Å²) in [6, 6.07) is 11.7. The molecule has 0 unspecified atom stereocenters. The van der Waals surface area contributed by atoms with E-state index in [0.717, 1.165) is 5.56 Å². The summed E-state index contributed by atoms with van der Waals surface area (Å²) in [5, 5.41) is 4.69. The summed E-state index contributed by atoms with van der Waals surface area (Å²) in [6.45, 7) is 0.385. The molecule has 140 valence electrons. The monoisotopic (exact) mass is 405 g/mol. The molecule has 1 amide bonds. The van der Waals surface area contributed by atoms with Gasteiger partial charge in [-0.1, -0.05) is 12.1 Å². The summed E-state index contributed by atoms with van der Waals surface area (Å²) in [4.78, 5) is 16.1. The molecule has 27 heavy (non-hydrogen) atoms. The number of hydrogen-bond donors (Lipinski definition) is 2. The molecule has 2 aromatic carbocycles. The Morgan fingerprint density at radius 1 is 1.07 bits per heavy atom.